The maximum Gasteiger partial charge on any atom is 0.338 e. The fraction of sp³-hybridized carbons (Fsp3) is 0.190. The normalized spacial score (nSPS) is 15.7. The molecule has 0 fully saturated rings. The van der Waals surface area contributed by atoms with Crippen LogP contribution in [-0.2, 0) is 14.3 Å². The number of nitrogens with two attached hydrogens (primary N) is 1. The number of esters is 2. The van der Waals surface area contributed by atoms with E-state index < -0.39 is 24.0 Å². The van der Waals surface area contributed by atoms with Crippen LogP contribution in [0.15, 0.2) is 53.7 Å². The topological polar surface area (TPSA) is 120 Å². The number of amides is 2. The van der Waals surface area contributed by atoms with Crippen molar-refractivity contribution >= 4 is 46.9 Å². The van der Waals surface area contributed by atoms with Crippen LogP contribution >= 0.6 is 23.2 Å². The van der Waals surface area contributed by atoms with Crippen molar-refractivity contribution in [1.29, 1.82) is 0 Å². The van der Waals surface area contributed by atoms with Gasteiger partial charge in [-0.2, -0.15) is 0 Å². The molecule has 0 aliphatic carbocycles. The maximum absolute atomic E-state index is 12.7. The zero-order valence-electron chi connectivity index (χ0n) is 16.4. The van der Waals surface area contributed by atoms with Crippen molar-refractivity contribution in [2.45, 2.75) is 13.0 Å². The molecule has 0 radical (unpaired) electrons. The molecular formula is C21H19Cl2N3O5. The van der Waals surface area contributed by atoms with Crippen LogP contribution in [0.1, 0.15) is 28.9 Å². The number of nitrogen functional groups attached to an aromatic ring is 1. The zero-order chi connectivity index (χ0) is 22.5. The molecule has 3 rings (SSSR count). The van der Waals surface area contributed by atoms with Crippen LogP contribution in [0.25, 0.3) is 0 Å². The zero-order valence-corrected chi connectivity index (χ0v) is 17.9. The van der Waals surface area contributed by atoms with Gasteiger partial charge >= 0.3 is 18.0 Å². The Balaban J connectivity index is 1.91. The van der Waals surface area contributed by atoms with Crippen molar-refractivity contribution in [3.8, 4) is 0 Å². The van der Waals surface area contributed by atoms with Crippen LogP contribution in [0, 0.1) is 0 Å². The summed E-state index contributed by atoms with van der Waals surface area (Å²) < 4.78 is 10.5. The minimum atomic E-state index is -0.815. The molecule has 2 aromatic carbocycles. The molecular weight excluding hydrogens is 445 g/mol. The first-order valence-electron chi connectivity index (χ1n) is 9.25. The lowest BCUT2D eigenvalue weighted by atomic mass is 9.95. The lowest BCUT2D eigenvalue weighted by Gasteiger charge is -2.29. The van der Waals surface area contributed by atoms with E-state index >= 15 is 0 Å². The van der Waals surface area contributed by atoms with E-state index in [1.807, 2.05) is 0 Å². The summed E-state index contributed by atoms with van der Waals surface area (Å²) >= 11 is 11.8. The van der Waals surface area contributed by atoms with Gasteiger partial charge in [0.15, 0.2) is 0 Å². The molecule has 1 heterocycles. The Kier molecular flexibility index (Phi) is 7.04. The standard InChI is InChI=1S/C21H19Cl2N3O5/c1-2-30-20(28)17-16(10-31-19(27)12-5-8-14(23)15(24)9-12)25-21(29)26-18(17)11-3-6-13(22)7-4-11/h3-9,18H,2,10,24H2,1H3,(H2,25,26,29). The van der Waals surface area contributed by atoms with Crippen LogP contribution in [0.5, 0.6) is 0 Å². The average molecular weight is 464 g/mol. The van der Waals surface area contributed by atoms with E-state index in [0.717, 1.165) is 0 Å². The largest absolute Gasteiger partial charge is 0.463 e. The maximum atomic E-state index is 12.7. The fourth-order valence-corrected chi connectivity index (χ4v) is 3.22. The second-order valence-electron chi connectivity index (χ2n) is 6.51. The molecule has 0 saturated carbocycles. The van der Waals surface area contributed by atoms with Crippen molar-refractivity contribution < 1.29 is 23.9 Å². The Hall–Kier alpha value is -3.23. The summed E-state index contributed by atoms with van der Waals surface area (Å²) in [6.45, 7) is 1.42. The smallest absolute Gasteiger partial charge is 0.338 e. The number of rotatable bonds is 6. The van der Waals surface area contributed by atoms with Gasteiger partial charge < -0.3 is 25.8 Å². The number of halogens is 2. The first-order chi connectivity index (χ1) is 14.8. The van der Waals surface area contributed by atoms with Crippen molar-refractivity contribution in [2.75, 3.05) is 18.9 Å². The van der Waals surface area contributed by atoms with Gasteiger partial charge in [-0.15, -0.1) is 0 Å². The number of anilines is 1. The second kappa shape index (κ2) is 9.72. The molecule has 31 heavy (non-hydrogen) atoms. The molecule has 4 N–H and O–H groups in total. The van der Waals surface area contributed by atoms with E-state index in [9.17, 15) is 14.4 Å². The van der Waals surface area contributed by atoms with Crippen LogP contribution < -0.4 is 16.4 Å². The Bertz CT molecular complexity index is 1050. The Morgan fingerprint density at radius 2 is 1.77 bits per heavy atom. The van der Waals surface area contributed by atoms with Gasteiger partial charge in [0.05, 0.1) is 40.2 Å². The molecule has 0 saturated heterocycles. The van der Waals surface area contributed by atoms with Gasteiger partial charge in [-0.25, -0.2) is 14.4 Å². The number of hydrogen-bond donors (Lipinski definition) is 3. The van der Waals surface area contributed by atoms with Crippen molar-refractivity contribution in [1.82, 2.24) is 10.6 Å². The minimum Gasteiger partial charge on any atom is -0.463 e. The SMILES string of the molecule is CCOC(=O)C1=C(COC(=O)c2ccc(Cl)c(N)c2)NC(=O)NC1c1ccc(Cl)cc1. The predicted octanol–water partition coefficient (Wildman–Crippen LogP) is 3.60. The number of hydrogen-bond acceptors (Lipinski definition) is 6. The monoisotopic (exact) mass is 463 g/mol. The summed E-state index contributed by atoms with van der Waals surface area (Å²) in [6.07, 6.45) is 0. The molecule has 162 valence electrons. The third kappa shape index (κ3) is 5.28. The molecule has 10 heteroatoms. The van der Waals surface area contributed by atoms with E-state index in [-0.39, 0.29) is 35.7 Å². The van der Waals surface area contributed by atoms with Gasteiger partial charge in [-0.1, -0.05) is 35.3 Å². The van der Waals surface area contributed by atoms with Gasteiger partial charge in [0.1, 0.15) is 6.61 Å². The molecule has 0 spiro atoms. The summed E-state index contributed by atoms with van der Waals surface area (Å²) in [5.41, 5.74) is 6.95. The highest BCUT2D eigenvalue weighted by Crippen LogP contribution is 2.29. The third-order valence-electron chi connectivity index (χ3n) is 4.43. The van der Waals surface area contributed by atoms with Crippen LogP contribution in [-0.4, -0.2) is 31.2 Å². The Morgan fingerprint density at radius 1 is 1.06 bits per heavy atom. The van der Waals surface area contributed by atoms with Crippen LogP contribution in [0.3, 0.4) is 0 Å². The predicted molar refractivity (Wildman–Crippen MR) is 116 cm³/mol. The highest BCUT2D eigenvalue weighted by atomic mass is 35.5. The number of ether oxygens (including phenoxy) is 2. The van der Waals surface area contributed by atoms with Gasteiger partial charge in [0, 0.05) is 5.02 Å². The van der Waals surface area contributed by atoms with E-state index in [1.54, 1.807) is 31.2 Å². The quantitative estimate of drug-likeness (QED) is 0.444. The van der Waals surface area contributed by atoms with E-state index in [4.69, 9.17) is 38.4 Å². The van der Waals surface area contributed by atoms with Gasteiger partial charge in [0.2, 0.25) is 0 Å². The molecule has 1 aliphatic rings. The van der Waals surface area contributed by atoms with Gasteiger partial charge in [-0.3, -0.25) is 0 Å². The minimum absolute atomic E-state index is 0.109. The number of carbonyl (C=O) groups excluding carboxylic acids is 3. The average Bonchev–Trinajstić information content (AvgIpc) is 2.74. The number of nitrogens with one attached hydrogen (secondary N) is 2. The van der Waals surface area contributed by atoms with Gasteiger partial charge in [0.25, 0.3) is 0 Å². The summed E-state index contributed by atoms with van der Waals surface area (Å²) in [4.78, 5) is 37.4. The molecule has 2 aromatic rings. The Morgan fingerprint density at radius 3 is 2.42 bits per heavy atom. The highest BCUT2D eigenvalue weighted by molar-refractivity contribution is 6.33. The summed E-state index contributed by atoms with van der Waals surface area (Å²) in [5, 5.41) is 6.01. The third-order valence-corrected chi connectivity index (χ3v) is 5.03. The van der Waals surface area contributed by atoms with Crippen LogP contribution in [0.4, 0.5) is 10.5 Å². The Labute approximate surface area is 188 Å². The first-order valence-corrected chi connectivity index (χ1v) is 10.0. The number of benzene rings is 2. The fourth-order valence-electron chi connectivity index (χ4n) is 2.98. The molecule has 1 unspecified atom stereocenters. The molecule has 2 amide bonds. The lowest BCUT2D eigenvalue weighted by molar-refractivity contribution is -0.139. The summed E-state index contributed by atoms with van der Waals surface area (Å²) in [6, 6.07) is 9.56. The summed E-state index contributed by atoms with van der Waals surface area (Å²) in [7, 11) is 0. The second-order valence-corrected chi connectivity index (χ2v) is 7.35. The van der Waals surface area contributed by atoms with Crippen molar-refractivity contribution in [3.63, 3.8) is 0 Å². The molecule has 8 nitrogen and oxygen atoms in total. The summed E-state index contributed by atoms with van der Waals surface area (Å²) in [5.74, 6) is -1.35. The molecule has 1 atom stereocenters. The lowest BCUT2D eigenvalue weighted by Crippen LogP contribution is -2.47. The number of carbonyl (C=O) groups is 3. The van der Waals surface area contributed by atoms with E-state index in [1.165, 1.54) is 18.2 Å². The van der Waals surface area contributed by atoms with E-state index in [0.29, 0.717) is 15.6 Å². The van der Waals surface area contributed by atoms with Crippen molar-refractivity contribution in [2.24, 2.45) is 0 Å². The highest BCUT2D eigenvalue weighted by Gasteiger charge is 2.34. The van der Waals surface area contributed by atoms with Gasteiger partial charge in [-0.05, 0) is 42.8 Å². The van der Waals surface area contributed by atoms with E-state index in [2.05, 4.69) is 10.6 Å². The van der Waals surface area contributed by atoms with Crippen molar-refractivity contribution in [3.05, 3.63) is 74.9 Å². The number of urea groups is 1. The molecule has 0 bridgehead atoms. The first kappa shape index (κ1) is 22.5. The molecule has 1 aliphatic heterocycles. The molecule has 0 aromatic heterocycles. The van der Waals surface area contributed by atoms with Crippen LogP contribution in [0.2, 0.25) is 10.0 Å².